The summed E-state index contributed by atoms with van der Waals surface area (Å²) in [6.07, 6.45) is 6.60. The lowest BCUT2D eigenvalue weighted by Crippen LogP contribution is -2.43. The SMILES string of the molecule is Cc1cn(-c2ccc(CN3CCC(NC(=O)O)CC3)cc2)c(=O)nc1NC(=O)n1ccnc1. The van der Waals surface area contributed by atoms with Crippen molar-refractivity contribution < 1.29 is 14.7 Å². The van der Waals surface area contributed by atoms with Gasteiger partial charge in [-0.3, -0.25) is 19.4 Å². The van der Waals surface area contributed by atoms with Crippen LogP contribution < -0.4 is 16.3 Å². The predicted octanol–water partition coefficient (Wildman–Crippen LogP) is 2.05. The van der Waals surface area contributed by atoms with Crippen LogP contribution in [0.1, 0.15) is 24.0 Å². The third-order valence-electron chi connectivity index (χ3n) is 5.61. The third kappa shape index (κ3) is 5.44. The number of anilines is 1. The highest BCUT2D eigenvalue weighted by atomic mass is 16.4. The van der Waals surface area contributed by atoms with E-state index in [1.54, 1.807) is 13.1 Å². The highest BCUT2D eigenvalue weighted by molar-refractivity contribution is 5.90. The molecule has 0 unspecified atom stereocenters. The summed E-state index contributed by atoms with van der Waals surface area (Å²) in [6.45, 7) is 4.16. The first-order valence-corrected chi connectivity index (χ1v) is 10.6. The van der Waals surface area contributed by atoms with Gasteiger partial charge in [-0.25, -0.2) is 19.4 Å². The Hall–Kier alpha value is -3.99. The zero-order valence-electron chi connectivity index (χ0n) is 18.1. The van der Waals surface area contributed by atoms with Crippen molar-refractivity contribution in [1.82, 2.24) is 29.3 Å². The molecule has 0 aliphatic carbocycles. The van der Waals surface area contributed by atoms with E-state index in [1.165, 1.54) is 27.9 Å². The van der Waals surface area contributed by atoms with Gasteiger partial charge in [0.2, 0.25) is 0 Å². The summed E-state index contributed by atoms with van der Waals surface area (Å²) in [4.78, 5) is 45.7. The van der Waals surface area contributed by atoms with Gasteiger partial charge in [-0.05, 0) is 37.5 Å². The van der Waals surface area contributed by atoms with Gasteiger partial charge in [-0.15, -0.1) is 0 Å². The molecule has 3 heterocycles. The van der Waals surface area contributed by atoms with E-state index in [9.17, 15) is 14.4 Å². The second kappa shape index (κ2) is 9.65. The van der Waals surface area contributed by atoms with Crippen LogP contribution in [0.25, 0.3) is 5.69 Å². The van der Waals surface area contributed by atoms with Crippen LogP contribution in [0, 0.1) is 6.92 Å². The molecule has 2 amide bonds. The van der Waals surface area contributed by atoms with E-state index < -0.39 is 17.8 Å². The van der Waals surface area contributed by atoms with E-state index >= 15 is 0 Å². The molecule has 3 N–H and O–H groups in total. The zero-order chi connectivity index (χ0) is 23.4. The summed E-state index contributed by atoms with van der Waals surface area (Å²) in [5.74, 6) is 0.201. The number of imidazole rings is 1. The maximum absolute atomic E-state index is 12.6. The van der Waals surface area contributed by atoms with Crippen molar-refractivity contribution in [1.29, 1.82) is 0 Å². The lowest BCUT2D eigenvalue weighted by molar-refractivity contribution is 0.165. The minimum atomic E-state index is -0.974. The summed E-state index contributed by atoms with van der Waals surface area (Å²) in [5.41, 5.74) is 1.92. The van der Waals surface area contributed by atoms with Crippen LogP contribution in [-0.4, -0.2) is 60.4 Å². The fourth-order valence-electron chi connectivity index (χ4n) is 3.83. The first kappa shape index (κ1) is 22.2. The number of benzene rings is 1. The number of carbonyl (C=O) groups is 2. The van der Waals surface area contributed by atoms with Crippen molar-refractivity contribution in [2.75, 3.05) is 18.4 Å². The number of hydrogen-bond acceptors (Lipinski definition) is 6. The number of carboxylic acid groups (broad SMARTS) is 1. The van der Waals surface area contributed by atoms with Gasteiger partial charge >= 0.3 is 17.8 Å². The first-order chi connectivity index (χ1) is 15.9. The van der Waals surface area contributed by atoms with Crippen LogP contribution in [0.3, 0.4) is 0 Å². The number of carbonyl (C=O) groups excluding carboxylic acids is 1. The molecule has 4 rings (SSSR count). The molecule has 33 heavy (non-hydrogen) atoms. The van der Waals surface area contributed by atoms with E-state index in [4.69, 9.17) is 5.11 Å². The van der Waals surface area contributed by atoms with E-state index in [-0.39, 0.29) is 11.9 Å². The van der Waals surface area contributed by atoms with Crippen molar-refractivity contribution in [3.8, 4) is 5.69 Å². The topological polar surface area (TPSA) is 134 Å². The van der Waals surface area contributed by atoms with Crippen molar-refractivity contribution in [2.45, 2.75) is 32.4 Å². The van der Waals surface area contributed by atoms with E-state index in [0.717, 1.165) is 38.0 Å². The lowest BCUT2D eigenvalue weighted by Gasteiger charge is -2.31. The van der Waals surface area contributed by atoms with Gasteiger partial charge in [0.15, 0.2) is 0 Å². The maximum atomic E-state index is 12.6. The van der Waals surface area contributed by atoms with Crippen LogP contribution >= 0.6 is 0 Å². The van der Waals surface area contributed by atoms with E-state index in [0.29, 0.717) is 11.3 Å². The van der Waals surface area contributed by atoms with Gasteiger partial charge < -0.3 is 10.4 Å². The number of amides is 2. The van der Waals surface area contributed by atoms with Gasteiger partial charge in [-0.1, -0.05) is 12.1 Å². The van der Waals surface area contributed by atoms with Crippen molar-refractivity contribution in [3.05, 3.63) is 70.8 Å². The molecule has 2 aromatic heterocycles. The summed E-state index contributed by atoms with van der Waals surface area (Å²) < 4.78 is 2.70. The second-order valence-electron chi connectivity index (χ2n) is 7.99. The highest BCUT2D eigenvalue weighted by Crippen LogP contribution is 2.16. The quantitative estimate of drug-likeness (QED) is 0.540. The highest BCUT2D eigenvalue weighted by Gasteiger charge is 2.20. The molecule has 11 nitrogen and oxygen atoms in total. The number of likely N-dealkylation sites (tertiary alicyclic amines) is 1. The molecule has 1 fully saturated rings. The normalized spacial score (nSPS) is 14.7. The molecule has 0 saturated carbocycles. The number of aryl methyl sites for hydroxylation is 1. The summed E-state index contributed by atoms with van der Waals surface area (Å²) >= 11 is 0. The molecule has 1 aromatic carbocycles. The molecule has 0 spiro atoms. The van der Waals surface area contributed by atoms with Gasteiger partial charge in [0, 0.05) is 49.8 Å². The van der Waals surface area contributed by atoms with Crippen molar-refractivity contribution in [2.24, 2.45) is 0 Å². The zero-order valence-corrected chi connectivity index (χ0v) is 18.1. The largest absolute Gasteiger partial charge is 0.465 e. The van der Waals surface area contributed by atoms with Crippen LogP contribution in [0.4, 0.5) is 15.4 Å². The first-order valence-electron chi connectivity index (χ1n) is 10.6. The molecular formula is C22H25N7O4. The van der Waals surface area contributed by atoms with E-state index in [1.807, 2.05) is 24.3 Å². The lowest BCUT2D eigenvalue weighted by atomic mass is 10.0. The van der Waals surface area contributed by atoms with E-state index in [2.05, 4.69) is 25.5 Å². The average molecular weight is 451 g/mol. The molecule has 11 heteroatoms. The van der Waals surface area contributed by atoms with Crippen LogP contribution in [0.5, 0.6) is 0 Å². The molecule has 3 aromatic rings. The molecule has 0 bridgehead atoms. The van der Waals surface area contributed by atoms with Crippen LogP contribution in [-0.2, 0) is 6.54 Å². The molecular weight excluding hydrogens is 426 g/mol. The number of nitrogens with zero attached hydrogens (tertiary/aromatic N) is 5. The molecule has 1 aliphatic heterocycles. The van der Waals surface area contributed by atoms with Crippen molar-refractivity contribution in [3.63, 3.8) is 0 Å². The number of piperidine rings is 1. The Labute approximate surface area is 189 Å². The van der Waals surface area contributed by atoms with Crippen molar-refractivity contribution >= 4 is 17.9 Å². The molecule has 1 saturated heterocycles. The maximum Gasteiger partial charge on any atom is 0.404 e. The fourth-order valence-corrected chi connectivity index (χ4v) is 3.83. The molecule has 0 atom stereocenters. The minimum absolute atomic E-state index is 0.0106. The van der Waals surface area contributed by atoms with Crippen LogP contribution in [0.15, 0.2) is 54.0 Å². The monoisotopic (exact) mass is 451 g/mol. The predicted molar refractivity (Wildman–Crippen MR) is 121 cm³/mol. The molecule has 1 aliphatic rings. The summed E-state index contributed by atoms with van der Waals surface area (Å²) in [6, 6.07) is 7.21. The van der Waals surface area contributed by atoms with Crippen LogP contribution in [0.2, 0.25) is 0 Å². The summed E-state index contributed by atoms with van der Waals surface area (Å²) in [7, 11) is 0. The standard InChI is InChI=1S/C22H25N7O4/c1-15-12-29(21(31)26-19(15)25-20(30)28-11-8-23-14-28)18-4-2-16(3-5-18)13-27-9-6-17(7-10-27)24-22(32)33/h2-5,8,11-12,14,17,24H,6-7,9-10,13H2,1H3,(H,32,33)(H,25,26,30,31). The number of aromatic nitrogens is 4. The third-order valence-corrected chi connectivity index (χ3v) is 5.61. The van der Waals surface area contributed by atoms with Gasteiger partial charge in [0.25, 0.3) is 0 Å². The Balaban J connectivity index is 1.40. The Morgan fingerprint density at radius 3 is 2.55 bits per heavy atom. The number of nitrogens with one attached hydrogen (secondary N) is 2. The van der Waals surface area contributed by atoms with Gasteiger partial charge in [0.05, 0.1) is 5.69 Å². The Kier molecular flexibility index (Phi) is 6.50. The number of rotatable bonds is 5. The minimum Gasteiger partial charge on any atom is -0.465 e. The number of hydrogen-bond donors (Lipinski definition) is 3. The van der Waals surface area contributed by atoms with Gasteiger partial charge in [0.1, 0.15) is 12.1 Å². The average Bonchev–Trinajstić information content (AvgIpc) is 3.33. The van der Waals surface area contributed by atoms with Gasteiger partial charge in [-0.2, -0.15) is 4.98 Å². The Morgan fingerprint density at radius 1 is 1.18 bits per heavy atom. The molecule has 0 radical (unpaired) electrons. The fraction of sp³-hybridized carbons (Fsp3) is 0.318. The smallest absolute Gasteiger partial charge is 0.404 e. The molecule has 172 valence electrons. The second-order valence-corrected chi connectivity index (χ2v) is 7.99. The Bertz CT molecular complexity index is 1180. The summed E-state index contributed by atoms with van der Waals surface area (Å²) in [5, 5.41) is 14.0. The Morgan fingerprint density at radius 2 is 1.91 bits per heavy atom.